The number of benzene rings is 1. The fourth-order valence-electron chi connectivity index (χ4n) is 2.47. The van der Waals surface area contributed by atoms with Gasteiger partial charge in [-0.15, -0.1) is 0 Å². The highest BCUT2D eigenvalue weighted by atomic mass is 16.7. The van der Waals surface area contributed by atoms with E-state index in [1.807, 2.05) is 68.9 Å². The third-order valence-corrected chi connectivity index (χ3v) is 4.66. The molecule has 1 aromatic carbocycles. The van der Waals surface area contributed by atoms with Gasteiger partial charge in [0, 0.05) is 6.20 Å². The summed E-state index contributed by atoms with van der Waals surface area (Å²) >= 11 is 0. The smallest absolute Gasteiger partial charge is 0.497 e. The summed E-state index contributed by atoms with van der Waals surface area (Å²) in [6.07, 6.45) is 1.95. The molecule has 1 aromatic heterocycles. The first-order valence-corrected chi connectivity index (χ1v) is 7.83. The Morgan fingerprint density at radius 2 is 1.65 bits per heavy atom. The Bertz CT molecular complexity index is 663. The molecule has 5 nitrogen and oxygen atoms in total. The lowest BCUT2D eigenvalue weighted by molar-refractivity contribution is 0.00578. The average molecular weight is 314 g/mol. The maximum absolute atomic E-state index is 6.03. The van der Waals surface area contributed by atoms with Gasteiger partial charge in [-0.3, -0.25) is 4.68 Å². The van der Waals surface area contributed by atoms with Gasteiger partial charge in [0.2, 0.25) is 0 Å². The van der Waals surface area contributed by atoms with E-state index in [-0.39, 0.29) is 11.2 Å². The van der Waals surface area contributed by atoms with Crippen molar-refractivity contribution in [2.45, 2.75) is 45.4 Å². The summed E-state index contributed by atoms with van der Waals surface area (Å²) < 4.78 is 19.1. The molecule has 0 unspecified atom stereocenters. The molecule has 0 amide bonds. The molecule has 6 heteroatoms. The van der Waals surface area contributed by atoms with Gasteiger partial charge in [0.25, 0.3) is 0 Å². The van der Waals surface area contributed by atoms with Crippen LogP contribution in [0.2, 0.25) is 0 Å². The normalized spacial score (nSPS) is 19.1. The molecule has 0 aliphatic carbocycles. The quantitative estimate of drug-likeness (QED) is 0.812. The second-order valence-corrected chi connectivity index (χ2v) is 6.87. The first kappa shape index (κ1) is 16.1. The van der Waals surface area contributed by atoms with E-state index in [0.29, 0.717) is 6.54 Å². The maximum Gasteiger partial charge on any atom is 0.516 e. The molecule has 1 saturated heterocycles. The van der Waals surface area contributed by atoms with Crippen molar-refractivity contribution in [2.75, 3.05) is 7.11 Å². The summed E-state index contributed by atoms with van der Waals surface area (Å²) in [7, 11) is 1.25. The summed E-state index contributed by atoms with van der Waals surface area (Å²) in [6, 6.07) is 9.93. The molecule has 3 rings (SSSR count). The number of rotatable bonds is 4. The van der Waals surface area contributed by atoms with Gasteiger partial charge in [-0.25, -0.2) is 0 Å². The number of aromatic nitrogens is 2. The van der Waals surface area contributed by atoms with Crippen LogP contribution in [0.5, 0.6) is 5.75 Å². The van der Waals surface area contributed by atoms with Gasteiger partial charge in [0.1, 0.15) is 5.75 Å². The van der Waals surface area contributed by atoms with Crippen LogP contribution in [-0.2, 0) is 15.9 Å². The predicted molar refractivity (Wildman–Crippen MR) is 90.0 cm³/mol. The zero-order chi connectivity index (χ0) is 16.7. The minimum atomic E-state index is -0.419. The van der Waals surface area contributed by atoms with Crippen molar-refractivity contribution in [3.05, 3.63) is 42.1 Å². The third-order valence-electron chi connectivity index (χ3n) is 4.66. The minimum Gasteiger partial charge on any atom is -0.497 e. The number of methoxy groups -OCH3 is 1. The molecule has 0 saturated carbocycles. The third kappa shape index (κ3) is 3.14. The average Bonchev–Trinajstić information content (AvgIpc) is 3.03. The molecule has 2 aromatic rings. The van der Waals surface area contributed by atoms with Crippen molar-refractivity contribution >= 4 is 12.7 Å². The highest BCUT2D eigenvalue weighted by Gasteiger charge is 2.52. The molecular weight excluding hydrogens is 291 g/mol. The molecular formula is C17H23BN2O3. The lowest BCUT2D eigenvalue weighted by Crippen LogP contribution is -2.41. The molecule has 1 fully saturated rings. The molecule has 0 N–H and O–H groups in total. The largest absolute Gasteiger partial charge is 0.516 e. The van der Waals surface area contributed by atoms with Crippen molar-refractivity contribution in [1.82, 2.24) is 9.78 Å². The van der Waals surface area contributed by atoms with E-state index in [9.17, 15) is 0 Å². The Kier molecular flexibility index (Phi) is 3.98. The van der Waals surface area contributed by atoms with Crippen LogP contribution in [0.25, 0.3) is 0 Å². The van der Waals surface area contributed by atoms with Crippen LogP contribution >= 0.6 is 0 Å². The molecule has 122 valence electrons. The Morgan fingerprint density at radius 3 is 2.22 bits per heavy atom. The van der Waals surface area contributed by atoms with Gasteiger partial charge in [-0.05, 0) is 51.5 Å². The standard InChI is InChI=1S/C17H23BN2O3/c1-16(2)17(3,4)23-18(22-16)15-10-11-20(19-15)12-13-6-8-14(21-5)9-7-13/h6-11H,12H2,1-5H3. The van der Waals surface area contributed by atoms with E-state index in [1.54, 1.807) is 7.11 Å². The van der Waals surface area contributed by atoms with Crippen LogP contribution < -0.4 is 10.3 Å². The minimum absolute atomic E-state index is 0.350. The predicted octanol–water partition coefficient (Wildman–Crippen LogP) is 2.24. The van der Waals surface area contributed by atoms with Gasteiger partial charge in [-0.1, -0.05) is 12.1 Å². The van der Waals surface area contributed by atoms with Gasteiger partial charge in [0.05, 0.1) is 30.4 Å². The molecule has 1 aliphatic heterocycles. The van der Waals surface area contributed by atoms with Gasteiger partial charge >= 0.3 is 7.12 Å². The fraction of sp³-hybridized carbons (Fsp3) is 0.471. The second kappa shape index (κ2) is 5.69. The molecule has 23 heavy (non-hydrogen) atoms. The van der Waals surface area contributed by atoms with Crippen LogP contribution in [0, 0.1) is 0 Å². The van der Waals surface area contributed by atoms with Gasteiger partial charge < -0.3 is 14.0 Å². The zero-order valence-corrected chi connectivity index (χ0v) is 14.4. The Balaban J connectivity index is 1.71. The number of nitrogens with zero attached hydrogens (tertiary/aromatic N) is 2. The molecule has 0 bridgehead atoms. The van der Waals surface area contributed by atoms with Crippen LogP contribution in [-0.4, -0.2) is 35.2 Å². The van der Waals surface area contributed by atoms with E-state index in [2.05, 4.69) is 5.10 Å². The monoisotopic (exact) mass is 314 g/mol. The van der Waals surface area contributed by atoms with Crippen molar-refractivity contribution < 1.29 is 14.0 Å². The number of hydrogen-bond acceptors (Lipinski definition) is 4. The molecule has 2 heterocycles. The van der Waals surface area contributed by atoms with Crippen LogP contribution in [0.4, 0.5) is 0 Å². The van der Waals surface area contributed by atoms with E-state index >= 15 is 0 Å². The first-order valence-electron chi connectivity index (χ1n) is 7.83. The molecule has 1 aliphatic rings. The van der Waals surface area contributed by atoms with E-state index in [4.69, 9.17) is 14.0 Å². The van der Waals surface area contributed by atoms with Crippen molar-refractivity contribution in [3.8, 4) is 5.75 Å². The fourth-order valence-corrected chi connectivity index (χ4v) is 2.47. The summed E-state index contributed by atoms with van der Waals surface area (Å²) in [5, 5.41) is 4.60. The highest BCUT2D eigenvalue weighted by Crippen LogP contribution is 2.36. The Labute approximate surface area is 137 Å². The zero-order valence-electron chi connectivity index (χ0n) is 14.4. The Morgan fingerprint density at radius 1 is 1.04 bits per heavy atom. The van der Waals surface area contributed by atoms with Gasteiger partial charge in [-0.2, -0.15) is 5.10 Å². The summed E-state index contributed by atoms with van der Waals surface area (Å²) in [5.41, 5.74) is 1.26. The van der Waals surface area contributed by atoms with Crippen LogP contribution in [0.3, 0.4) is 0 Å². The first-order chi connectivity index (χ1) is 10.8. The van der Waals surface area contributed by atoms with Crippen LogP contribution in [0.1, 0.15) is 33.3 Å². The highest BCUT2D eigenvalue weighted by molar-refractivity contribution is 6.61. The lowest BCUT2D eigenvalue weighted by Gasteiger charge is -2.32. The maximum atomic E-state index is 6.03. The number of hydrogen-bond donors (Lipinski definition) is 0. The van der Waals surface area contributed by atoms with E-state index < -0.39 is 7.12 Å². The molecule has 0 atom stereocenters. The van der Waals surface area contributed by atoms with E-state index in [0.717, 1.165) is 16.9 Å². The second-order valence-electron chi connectivity index (χ2n) is 6.87. The van der Waals surface area contributed by atoms with Crippen molar-refractivity contribution in [3.63, 3.8) is 0 Å². The van der Waals surface area contributed by atoms with Crippen molar-refractivity contribution in [1.29, 1.82) is 0 Å². The van der Waals surface area contributed by atoms with Crippen LogP contribution in [0.15, 0.2) is 36.5 Å². The topological polar surface area (TPSA) is 45.5 Å². The lowest BCUT2D eigenvalue weighted by atomic mass is 9.85. The molecule has 0 spiro atoms. The van der Waals surface area contributed by atoms with E-state index in [1.165, 1.54) is 0 Å². The summed E-state index contributed by atoms with van der Waals surface area (Å²) in [6.45, 7) is 8.87. The number of ether oxygens (including phenoxy) is 1. The Hall–Kier alpha value is -1.79. The summed E-state index contributed by atoms with van der Waals surface area (Å²) in [5.74, 6) is 0.854. The molecule has 0 radical (unpaired) electrons. The van der Waals surface area contributed by atoms with Gasteiger partial charge in [0.15, 0.2) is 0 Å². The van der Waals surface area contributed by atoms with Crippen molar-refractivity contribution in [2.24, 2.45) is 0 Å². The summed E-state index contributed by atoms with van der Waals surface area (Å²) in [4.78, 5) is 0. The SMILES string of the molecule is COc1ccc(Cn2ccc(B3OC(C)(C)C(C)(C)O3)n2)cc1.